The first-order chi connectivity index (χ1) is 12.5. The molecule has 0 aliphatic heterocycles. The van der Waals surface area contributed by atoms with E-state index in [0.29, 0.717) is 16.9 Å². The van der Waals surface area contributed by atoms with Crippen LogP contribution in [0.3, 0.4) is 0 Å². The monoisotopic (exact) mass is 366 g/mol. The third-order valence-corrected chi connectivity index (χ3v) is 5.73. The van der Waals surface area contributed by atoms with Crippen molar-refractivity contribution >= 4 is 27.3 Å². The van der Waals surface area contributed by atoms with Gasteiger partial charge in [-0.25, -0.2) is 8.42 Å². The van der Waals surface area contributed by atoms with Crippen LogP contribution in [0.2, 0.25) is 0 Å². The van der Waals surface area contributed by atoms with Gasteiger partial charge in [0.2, 0.25) is 0 Å². The Morgan fingerprint density at radius 2 is 1.35 bits per heavy atom. The Labute approximate surface area is 153 Å². The first-order valence-corrected chi connectivity index (χ1v) is 9.43. The highest BCUT2D eigenvalue weighted by molar-refractivity contribution is 7.92. The second-order valence-electron chi connectivity index (χ2n) is 5.65. The number of nitrogens with zero attached hydrogens (tertiary/aromatic N) is 1. The minimum atomic E-state index is -3.67. The zero-order valence-corrected chi connectivity index (χ0v) is 15.0. The molecular formula is C20H18N2O3S. The molecule has 0 unspecified atom stereocenters. The van der Waals surface area contributed by atoms with Crippen molar-refractivity contribution in [2.75, 3.05) is 16.7 Å². The molecule has 0 aromatic heterocycles. The molecule has 26 heavy (non-hydrogen) atoms. The summed E-state index contributed by atoms with van der Waals surface area (Å²) in [5, 5.41) is 2.75. The standard InChI is InChI=1S/C20H18N2O3S/c1-22(18-10-6-3-7-11-18)26(24,25)19-14-12-17(13-15-19)21-20(23)16-8-4-2-5-9-16/h2-15H,1H3,(H,21,23). The van der Waals surface area contributed by atoms with Gasteiger partial charge < -0.3 is 5.32 Å². The second-order valence-corrected chi connectivity index (χ2v) is 7.62. The van der Waals surface area contributed by atoms with Gasteiger partial charge in [0.15, 0.2) is 0 Å². The van der Waals surface area contributed by atoms with E-state index in [4.69, 9.17) is 0 Å². The lowest BCUT2D eigenvalue weighted by Crippen LogP contribution is -2.26. The van der Waals surface area contributed by atoms with Crippen LogP contribution in [0.1, 0.15) is 10.4 Å². The van der Waals surface area contributed by atoms with Crippen LogP contribution in [0, 0.1) is 0 Å². The van der Waals surface area contributed by atoms with Crippen molar-refractivity contribution in [3.63, 3.8) is 0 Å². The van der Waals surface area contributed by atoms with Gasteiger partial charge in [0, 0.05) is 18.3 Å². The number of rotatable bonds is 5. The zero-order chi connectivity index (χ0) is 18.6. The topological polar surface area (TPSA) is 66.5 Å². The highest BCUT2D eigenvalue weighted by Crippen LogP contribution is 2.23. The van der Waals surface area contributed by atoms with Crippen LogP contribution in [0.15, 0.2) is 89.8 Å². The van der Waals surface area contributed by atoms with Crippen LogP contribution in [-0.4, -0.2) is 21.4 Å². The van der Waals surface area contributed by atoms with Crippen molar-refractivity contribution in [2.45, 2.75) is 4.90 Å². The van der Waals surface area contributed by atoms with E-state index in [-0.39, 0.29) is 10.8 Å². The van der Waals surface area contributed by atoms with Gasteiger partial charge in [-0.05, 0) is 48.5 Å². The third kappa shape index (κ3) is 3.75. The van der Waals surface area contributed by atoms with E-state index in [1.807, 2.05) is 12.1 Å². The predicted molar refractivity (Wildman–Crippen MR) is 103 cm³/mol. The number of carbonyl (C=O) groups excluding carboxylic acids is 1. The number of hydrogen-bond donors (Lipinski definition) is 1. The third-order valence-electron chi connectivity index (χ3n) is 3.93. The van der Waals surface area contributed by atoms with Crippen molar-refractivity contribution in [1.29, 1.82) is 0 Å². The molecule has 0 atom stereocenters. The Morgan fingerprint density at radius 1 is 0.808 bits per heavy atom. The van der Waals surface area contributed by atoms with Crippen molar-refractivity contribution in [3.05, 3.63) is 90.5 Å². The Hall–Kier alpha value is -3.12. The van der Waals surface area contributed by atoms with Crippen LogP contribution in [0.4, 0.5) is 11.4 Å². The molecule has 3 aromatic carbocycles. The maximum atomic E-state index is 12.7. The van der Waals surface area contributed by atoms with E-state index in [0.717, 1.165) is 0 Å². The Bertz CT molecular complexity index is 986. The fraction of sp³-hybridized carbons (Fsp3) is 0.0500. The van der Waals surface area contributed by atoms with Crippen molar-refractivity contribution in [2.24, 2.45) is 0 Å². The molecule has 0 saturated carbocycles. The first kappa shape index (κ1) is 17.7. The minimum absolute atomic E-state index is 0.154. The van der Waals surface area contributed by atoms with Crippen LogP contribution >= 0.6 is 0 Å². The van der Waals surface area contributed by atoms with Crippen LogP contribution in [-0.2, 0) is 10.0 Å². The SMILES string of the molecule is CN(c1ccccc1)S(=O)(=O)c1ccc(NC(=O)c2ccccc2)cc1. The van der Waals surface area contributed by atoms with Crippen molar-refractivity contribution in [1.82, 2.24) is 0 Å². The minimum Gasteiger partial charge on any atom is -0.322 e. The summed E-state index contributed by atoms with van der Waals surface area (Å²) in [6, 6.07) is 23.8. The average Bonchev–Trinajstić information content (AvgIpc) is 2.69. The molecule has 0 aliphatic carbocycles. The van der Waals surface area contributed by atoms with E-state index in [9.17, 15) is 13.2 Å². The Morgan fingerprint density at radius 3 is 1.92 bits per heavy atom. The molecule has 3 aromatic rings. The number of sulfonamides is 1. The summed E-state index contributed by atoms with van der Waals surface area (Å²) < 4.78 is 26.7. The van der Waals surface area contributed by atoms with Crippen LogP contribution in [0.5, 0.6) is 0 Å². The van der Waals surface area contributed by atoms with E-state index >= 15 is 0 Å². The molecule has 6 heteroatoms. The van der Waals surface area contributed by atoms with E-state index in [1.54, 1.807) is 60.7 Å². The van der Waals surface area contributed by atoms with Crippen LogP contribution < -0.4 is 9.62 Å². The first-order valence-electron chi connectivity index (χ1n) is 7.99. The lowest BCUT2D eigenvalue weighted by Gasteiger charge is -2.19. The number of hydrogen-bond acceptors (Lipinski definition) is 3. The van der Waals surface area contributed by atoms with Gasteiger partial charge in [-0.3, -0.25) is 9.10 Å². The molecule has 3 rings (SSSR count). The molecule has 5 nitrogen and oxygen atoms in total. The molecule has 0 bridgehead atoms. The molecular weight excluding hydrogens is 348 g/mol. The molecule has 132 valence electrons. The zero-order valence-electron chi connectivity index (χ0n) is 14.2. The van der Waals surface area contributed by atoms with E-state index < -0.39 is 10.0 Å². The van der Waals surface area contributed by atoms with Gasteiger partial charge in [0.1, 0.15) is 0 Å². The predicted octanol–water partition coefficient (Wildman–Crippen LogP) is 3.76. The van der Waals surface area contributed by atoms with Gasteiger partial charge in [0.05, 0.1) is 10.6 Å². The summed E-state index contributed by atoms with van der Waals surface area (Å²) in [6.45, 7) is 0. The molecule has 0 aliphatic rings. The molecule has 1 amide bonds. The largest absolute Gasteiger partial charge is 0.322 e. The number of para-hydroxylation sites is 1. The molecule has 0 radical (unpaired) electrons. The lowest BCUT2D eigenvalue weighted by atomic mass is 10.2. The summed E-state index contributed by atoms with van der Waals surface area (Å²) in [5.41, 5.74) is 1.64. The number of nitrogens with one attached hydrogen (secondary N) is 1. The van der Waals surface area contributed by atoms with Gasteiger partial charge in [-0.15, -0.1) is 0 Å². The fourth-order valence-electron chi connectivity index (χ4n) is 2.44. The van der Waals surface area contributed by atoms with Crippen LogP contribution in [0.25, 0.3) is 0 Å². The molecule has 0 spiro atoms. The van der Waals surface area contributed by atoms with Gasteiger partial charge >= 0.3 is 0 Å². The highest BCUT2D eigenvalue weighted by atomic mass is 32.2. The van der Waals surface area contributed by atoms with Crippen molar-refractivity contribution in [3.8, 4) is 0 Å². The Balaban J connectivity index is 1.78. The maximum absolute atomic E-state index is 12.7. The maximum Gasteiger partial charge on any atom is 0.264 e. The number of anilines is 2. The molecule has 1 N–H and O–H groups in total. The van der Waals surface area contributed by atoms with Gasteiger partial charge in [0.25, 0.3) is 15.9 Å². The summed E-state index contributed by atoms with van der Waals surface area (Å²) >= 11 is 0. The van der Waals surface area contributed by atoms with Gasteiger partial charge in [-0.1, -0.05) is 36.4 Å². The average molecular weight is 366 g/mol. The van der Waals surface area contributed by atoms with Gasteiger partial charge in [-0.2, -0.15) is 0 Å². The number of carbonyl (C=O) groups is 1. The lowest BCUT2D eigenvalue weighted by molar-refractivity contribution is 0.102. The summed E-state index contributed by atoms with van der Waals surface area (Å²) in [6.07, 6.45) is 0. The van der Waals surface area contributed by atoms with E-state index in [1.165, 1.54) is 23.5 Å². The Kier molecular flexibility index (Phi) is 5.04. The molecule has 0 fully saturated rings. The number of amides is 1. The summed E-state index contributed by atoms with van der Waals surface area (Å²) in [4.78, 5) is 12.3. The quantitative estimate of drug-likeness (QED) is 0.748. The van der Waals surface area contributed by atoms with Crippen molar-refractivity contribution < 1.29 is 13.2 Å². The summed E-state index contributed by atoms with van der Waals surface area (Å²) in [7, 11) is -2.16. The molecule has 0 heterocycles. The number of benzene rings is 3. The highest BCUT2D eigenvalue weighted by Gasteiger charge is 2.21. The fourth-order valence-corrected chi connectivity index (χ4v) is 3.63. The second kappa shape index (κ2) is 7.41. The summed E-state index contributed by atoms with van der Waals surface area (Å²) in [5.74, 6) is -0.248. The van der Waals surface area contributed by atoms with E-state index in [2.05, 4.69) is 5.32 Å². The smallest absolute Gasteiger partial charge is 0.264 e. The normalized spacial score (nSPS) is 11.0. The molecule has 0 saturated heterocycles.